The van der Waals surface area contributed by atoms with E-state index in [2.05, 4.69) is 5.32 Å². The third-order valence-electron chi connectivity index (χ3n) is 6.26. The summed E-state index contributed by atoms with van der Waals surface area (Å²) < 4.78 is 27.9. The van der Waals surface area contributed by atoms with Crippen LogP contribution in [-0.2, 0) is 14.8 Å². The number of sulfonamides is 1. The molecule has 1 saturated carbocycles. The van der Waals surface area contributed by atoms with E-state index >= 15 is 0 Å². The average Bonchev–Trinajstić information content (AvgIpc) is 2.66. The van der Waals surface area contributed by atoms with Crippen LogP contribution in [0.5, 0.6) is 5.75 Å². The van der Waals surface area contributed by atoms with Crippen LogP contribution >= 0.6 is 0 Å². The van der Waals surface area contributed by atoms with E-state index in [1.165, 1.54) is 35.7 Å². The topological polar surface area (TPSA) is 86.7 Å². The number of carbonyl (C=O) groups is 1. The first kappa shape index (κ1) is 27.4. The Morgan fingerprint density at radius 1 is 1.03 bits per heavy atom. The SMILES string of the molecule is C.C.Cc1ccc(S(=O)(=O)N2CCCCC2CNC(=O)C2CCCCCCC2)c(O)c1. The Labute approximate surface area is 189 Å². The van der Waals surface area contributed by atoms with Crippen LogP contribution in [0.3, 0.4) is 0 Å². The van der Waals surface area contributed by atoms with Crippen LogP contribution in [0, 0.1) is 12.8 Å². The zero-order valence-electron chi connectivity index (χ0n) is 17.4. The Bertz CT molecular complexity index is 802. The van der Waals surface area contributed by atoms with E-state index in [-0.39, 0.29) is 43.4 Å². The highest BCUT2D eigenvalue weighted by atomic mass is 32.2. The maximum absolute atomic E-state index is 13.2. The van der Waals surface area contributed by atoms with Gasteiger partial charge in [0.2, 0.25) is 15.9 Å². The van der Waals surface area contributed by atoms with Crippen molar-refractivity contribution in [3.63, 3.8) is 0 Å². The van der Waals surface area contributed by atoms with Gasteiger partial charge >= 0.3 is 0 Å². The highest BCUT2D eigenvalue weighted by Gasteiger charge is 2.35. The number of aromatic hydroxyl groups is 1. The van der Waals surface area contributed by atoms with Gasteiger partial charge in [0.15, 0.2) is 0 Å². The monoisotopic (exact) mass is 454 g/mol. The number of amides is 1. The molecule has 31 heavy (non-hydrogen) atoms. The van der Waals surface area contributed by atoms with Crippen LogP contribution in [0.2, 0.25) is 0 Å². The molecule has 7 heteroatoms. The summed E-state index contributed by atoms with van der Waals surface area (Å²) in [5.41, 5.74) is 0.808. The van der Waals surface area contributed by atoms with Gasteiger partial charge in [0, 0.05) is 25.0 Å². The third kappa shape index (κ3) is 6.94. The summed E-state index contributed by atoms with van der Waals surface area (Å²) >= 11 is 0. The molecule has 2 fully saturated rings. The van der Waals surface area contributed by atoms with Crippen molar-refractivity contribution in [3.05, 3.63) is 23.8 Å². The third-order valence-corrected chi connectivity index (χ3v) is 8.26. The van der Waals surface area contributed by atoms with Crippen LogP contribution < -0.4 is 5.32 Å². The summed E-state index contributed by atoms with van der Waals surface area (Å²) in [6, 6.07) is 4.37. The van der Waals surface area contributed by atoms with Crippen molar-refractivity contribution in [1.82, 2.24) is 9.62 Å². The lowest BCUT2D eigenvalue weighted by Crippen LogP contribution is -2.50. The van der Waals surface area contributed by atoms with Gasteiger partial charge in [0.1, 0.15) is 10.6 Å². The highest BCUT2D eigenvalue weighted by Crippen LogP contribution is 2.31. The van der Waals surface area contributed by atoms with Crippen molar-refractivity contribution in [2.75, 3.05) is 13.1 Å². The molecule has 1 aliphatic heterocycles. The summed E-state index contributed by atoms with van der Waals surface area (Å²) in [5.74, 6) is -0.106. The molecule has 1 saturated heterocycles. The summed E-state index contributed by atoms with van der Waals surface area (Å²) in [6.45, 7) is 2.56. The minimum Gasteiger partial charge on any atom is -0.507 e. The Morgan fingerprint density at radius 2 is 1.65 bits per heavy atom. The van der Waals surface area contributed by atoms with E-state index in [4.69, 9.17) is 0 Å². The van der Waals surface area contributed by atoms with E-state index in [1.54, 1.807) is 6.07 Å². The first-order chi connectivity index (χ1) is 13.9. The van der Waals surface area contributed by atoms with Gasteiger partial charge in [-0.1, -0.05) is 59.4 Å². The highest BCUT2D eigenvalue weighted by molar-refractivity contribution is 7.89. The zero-order valence-corrected chi connectivity index (χ0v) is 18.2. The number of benzene rings is 1. The maximum Gasteiger partial charge on any atom is 0.247 e. The van der Waals surface area contributed by atoms with Gasteiger partial charge < -0.3 is 10.4 Å². The van der Waals surface area contributed by atoms with E-state index < -0.39 is 10.0 Å². The fourth-order valence-corrected chi connectivity index (χ4v) is 6.31. The van der Waals surface area contributed by atoms with E-state index in [9.17, 15) is 18.3 Å². The number of hydrogen-bond acceptors (Lipinski definition) is 4. The molecule has 0 spiro atoms. The summed E-state index contributed by atoms with van der Waals surface area (Å²) in [7, 11) is -3.81. The van der Waals surface area contributed by atoms with Crippen molar-refractivity contribution in [3.8, 4) is 5.75 Å². The fourth-order valence-electron chi connectivity index (χ4n) is 4.55. The van der Waals surface area contributed by atoms with Gasteiger partial charge in [-0.05, 0) is 50.3 Å². The normalized spacial score (nSPS) is 21.1. The standard InChI is InChI=1S/C22H34N2O4S.2CH4/c1-17-12-13-21(20(25)15-17)29(27,28)24-14-8-7-11-19(24)16-23-22(26)18-9-5-3-2-4-6-10-18;;/h12-13,15,18-19,25H,2-11,14,16H2,1H3,(H,23,26);2*1H4. The van der Waals surface area contributed by atoms with Crippen molar-refractivity contribution >= 4 is 15.9 Å². The molecule has 178 valence electrons. The van der Waals surface area contributed by atoms with Gasteiger partial charge in [-0.25, -0.2) is 8.42 Å². The molecule has 1 heterocycles. The average molecular weight is 455 g/mol. The van der Waals surface area contributed by atoms with E-state index in [1.807, 2.05) is 6.92 Å². The molecule has 2 aliphatic rings. The Kier molecular flexibility index (Phi) is 11.0. The van der Waals surface area contributed by atoms with Crippen LogP contribution in [-0.4, -0.2) is 42.9 Å². The Balaban J connectivity index is 0.00000240. The number of hydrogen-bond donors (Lipinski definition) is 2. The second-order valence-corrected chi connectivity index (χ2v) is 10.4. The molecule has 1 aliphatic carbocycles. The lowest BCUT2D eigenvalue weighted by atomic mass is 9.90. The molecule has 0 radical (unpaired) electrons. The Morgan fingerprint density at radius 3 is 2.29 bits per heavy atom. The molecule has 1 aromatic rings. The number of phenols is 1. The summed E-state index contributed by atoms with van der Waals surface area (Å²) in [6.07, 6.45) is 10.1. The predicted octanol–water partition coefficient (Wildman–Crippen LogP) is 4.99. The number of nitrogens with zero attached hydrogens (tertiary/aromatic N) is 1. The molecule has 1 amide bonds. The van der Waals surface area contributed by atoms with E-state index in [0.29, 0.717) is 13.1 Å². The fraction of sp³-hybridized carbons (Fsp3) is 0.708. The zero-order chi connectivity index (χ0) is 20.9. The molecule has 1 atom stereocenters. The quantitative estimate of drug-likeness (QED) is 0.656. The number of piperidine rings is 1. The number of nitrogens with one attached hydrogen (secondary N) is 1. The molecule has 2 N–H and O–H groups in total. The second kappa shape index (κ2) is 12.4. The van der Waals surface area contributed by atoms with Crippen LogP contribution in [0.25, 0.3) is 0 Å². The van der Waals surface area contributed by atoms with Gasteiger partial charge in [0.25, 0.3) is 0 Å². The van der Waals surface area contributed by atoms with Crippen molar-refractivity contribution in [1.29, 1.82) is 0 Å². The van der Waals surface area contributed by atoms with Crippen molar-refractivity contribution < 1.29 is 18.3 Å². The largest absolute Gasteiger partial charge is 0.507 e. The van der Waals surface area contributed by atoms with Gasteiger partial charge in [-0.2, -0.15) is 4.31 Å². The summed E-state index contributed by atoms with van der Waals surface area (Å²) in [4.78, 5) is 12.7. The molecule has 3 rings (SSSR count). The van der Waals surface area contributed by atoms with Crippen LogP contribution in [0.15, 0.2) is 23.1 Å². The molecule has 1 unspecified atom stereocenters. The molecule has 6 nitrogen and oxygen atoms in total. The molecular formula is C24H42N2O4S. The van der Waals surface area contributed by atoms with Crippen molar-refractivity contribution in [2.45, 2.75) is 96.9 Å². The number of carbonyl (C=O) groups excluding carboxylic acids is 1. The predicted molar refractivity (Wildman–Crippen MR) is 127 cm³/mol. The van der Waals surface area contributed by atoms with Crippen molar-refractivity contribution in [2.24, 2.45) is 5.92 Å². The number of rotatable bonds is 5. The van der Waals surface area contributed by atoms with Crippen LogP contribution in [0.1, 0.15) is 84.6 Å². The van der Waals surface area contributed by atoms with Gasteiger partial charge in [-0.3, -0.25) is 4.79 Å². The van der Waals surface area contributed by atoms with Crippen LogP contribution in [0.4, 0.5) is 0 Å². The second-order valence-electron chi connectivity index (χ2n) is 8.52. The first-order valence-electron chi connectivity index (χ1n) is 11.0. The number of phenolic OH excluding ortho intramolecular Hbond substituents is 1. The summed E-state index contributed by atoms with van der Waals surface area (Å²) in [5, 5.41) is 13.2. The Hall–Kier alpha value is -1.60. The lowest BCUT2D eigenvalue weighted by molar-refractivity contribution is -0.125. The lowest BCUT2D eigenvalue weighted by Gasteiger charge is -2.35. The number of aryl methyl sites for hydroxylation is 1. The van der Waals surface area contributed by atoms with Gasteiger partial charge in [-0.15, -0.1) is 0 Å². The minimum atomic E-state index is -3.81. The molecule has 0 aromatic heterocycles. The molecule has 0 bridgehead atoms. The molecular weight excluding hydrogens is 412 g/mol. The van der Waals surface area contributed by atoms with Gasteiger partial charge in [0.05, 0.1) is 0 Å². The smallest absolute Gasteiger partial charge is 0.247 e. The first-order valence-corrected chi connectivity index (χ1v) is 12.4. The molecule has 1 aromatic carbocycles. The van der Waals surface area contributed by atoms with E-state index in [0.717, 1.165) is 50.5 Å². The minimum absolute atomic E-state index is 0. The maximum atomic E-state index is 13.2.